The van der Waals surface area contributed by atoms with Crippen molar-refractivity contribution < 1.29 is 13.0 Å². The Kier molecular flexibility index (Phi) is 2.76. The number of fused-ring (bicyclic) bond motifs is 1. The molecule has 0 saturated carbocycles. The molecule has 84 valence electrons. The van der Waals surface area contributed by atoms with Crippen LogP contribution in [0, 0.1) is 0 Å². The van der Waals surface area contributed by atoms with E-state index in [-0.39, 0.29) is 0 Å². The summed E-state index contributed by atoms with van der Waals surface area (Å²) < 4.78 is 31.2. The number of hydrogen-bond acceptors (Lipinski definition) is 3. The number of aromatic nitrogens is 2. The summed E-state index contributed by atoms with van der Waals surface area (Å²) in [7, 11) is -4.04. The van der Waals surface area contributed by atoms with Gasteiger partial charge in [-0.15, -0.1) is 0 Å². The molecule has 0 atom stereocenters. The molecule has 1 N–H and O–H groups in total. The Labute approximate surface area is 92.8 Å². The number of allylic oxidation sites excluding steroid dienone is 1. The van der Waals surface area contributed by atoms with Gasteiger partial charge < -0.3 is 4.57 Å². The van der Waals surface area contributed by atoms with Crippen LogP contribution in [0.25, 0.3) is 11.0 Å². The largest absolute Gasteiger partial charge is 0.327 e. The zero-order valence-electron chi connectivity index (χ0n) is 8.31. The van der Waals surface area contributed by atoms with Gasteiger partial charge in [0, 0.05) is 6.54 Å². The van der Waals surface area contributed by atoms with Crippen LogP contribution in [-0.4, -0.2) is 22.5 Å². The third-order valence-corrected chi connectivity index (χ3v) is 2.63. The Morgan fingerprint density at radius 2 is 2.12 bits per heavy atom. The van der Waals surface area contributed by atoms with Crippen LogP contribution in [0.2, 0.25) is 0 Å². The van der Waals surface area contributed by atoms with E-state index in [0.29, 0.717) is 6.54 Å². The normalized spacial score (nSPS) is 12.6. The molecule has 1 aromatic carbocycles. The molecule has 6 heteroatoms. The van der Waals surface area contributed by atoms with Crippen molar-refractivity contribution in [2.24, 2.45) is 0 Å². The predicted octanol–water partition coefficient (Wildman–Crippen LogP) is 1.44. The maximum absolute atomic E-state index is 10.5. The number of rotatable bonds is 3. The minimum Gasteiger partial charge on any atom is -0.327 e. The number of benzene rings is 1. The minimum atomic E-state index is -4.04. The first-order chi connectivity index (χ1) is 7.56. The van der Waals surface area contributed by atoms with E-state index in [1.807, 2.05) is 24.3 Å². The van der Waals surface area contributed by atoms with Crippen LogP contribution in [0.4, 0.5) is 0 Å². The molecule has 0 bridgehead atoms. The van der Waals surface area contributed by atoms with E-state index in [2.05, 4.69) is 4.98 Å². The van der Waals surface area contributed by atoms with Crippen LogP contribution in [0.15, 0.2) is 42.1 Å². The number of nitrogens with zero attached hydrogens (tertiary/aromatic N) is 2. The highest BCUT2D eigenvalue weighted by atomic mass is 32.2. The van der Waals surface area contributed by atoms with E-state index in [1.54, 1.807) is 10.9 Å². The van der Waals surface area contributed by atoms with Crippen LogP contribution in [0.5, 0.6) is 0 Å². The van der Waals surface area contributed by atoms with E-state index in [1.165, 1.54) is 6.08 Å². The molecule has 0 aliphatic heterocycles. The summed E-state index contributed by atoms with van der Waals surface area (Å²) in [6.07, 6.45) is 2.99. The molecular weight excluding hydrogens is 228 g/mol. The molecule has 2 aromatic rings. The van der Waals surface area contributed by atoms with Gasteiger partial charge in [0.05, 0.1) is 22.8 Å². The van der Waals surface area contributed by atoms with Gasteiger partial charge in [-0.25, -0.2) is 4.98 Å². The Balaban J connectivity index is 2.26. The lowest BCUT2D eigenvalue weighted by Gasteiger charge is -1.98. The second-order valence-electron chi connectivity index (χ2n) is 3.27. The van der Waals surface area contributed by atoms with Crippen molar-refractivity contribution in [1.82, 2.24) is 9.55 Å². The Morgan fingerprint density at radius 3 is 2.88 bits per heavy atom. The molecule has 5 nitrogen and oxygen atoms in total. The third-order valence-electron chi connectivity index (χ3n) is 2.10. The van der Waals surface area contributed by atoms with Crippen molar-refractivity contribution >= 4 is 21.2 Å². The van der Waals surface area contributed by atoms with E-state index < -0.39 is 10.1 Å². The van der Waals surface area contributed by atoms with Crippen LogP contribution < -0.4 is 0 Å². The third kappa shape index (κ3) is 2.47. The topological polar surface area (TPSA) is 72.2 Å². The van der Waals surface area contributed by atoms with E-state index in [9.17, 15) is 8.42 Å². The van der Waals surface area contributed by atoms with Gasteiger partial charge in [0.1, 0.15) is 0 Å². The number of para-hydroxylation sites is 2. The van der Waals surface area contributed by atoms with Gasteiger partial charge >= 0.3 is 0 Å². The maximum atomic E-state index is 10.5. The molecule has 0 saturated heterocycles. The molecule has 0 aliphatic carbocycles. The number of imidazole rings is 1. The predicted molar refractivity (Wildman–Crippen MR) is 60.4 cm³/mol. The zero-order valence-corrected chi connectivity index (χ0v) is 9.13. The molecule has 1 heterocycles. The highest BCUT2D eigenvalue weighted by Crippen LogP contribution is 2.11. The van der Waals surface area contributed by atoms with Gasteiger partial charge in [-0.2, -0.15) is 8.42 Å². The van der Waals surface area contributed by atoms with Crippen LogP contribution in [-0.2, 0) is 16.7 Å². The lowest BCUT2D eigenvalue weighted by Crippen LogP contribution is -1.95. The van der Waals surface area contributed by atoms with E-state index in [0.717, 1.165) is 16.4 Å². The van der Waals surface area contributed by atoms with Crippen LogP contribution >= 0.6 is 0 Å². The van der Waals surface area contributed by atoms with Gasteiger partial charge in [0.25, 0.3) is 10.1 Å². The number of hydrogen-bond donors (Lipinski definition) is 1. The summed E-state index contributed by atoms with van der Waals surface area (Å²) in [5.74, 6) is 0. The van der Waals surface area contributed by atoms with Gasteiger partial charge in [0.15, 0.2) is 0 Å². The molecule has 16 heavy (non-hydrogen) atoms. The summed E-state index contributed by atoms with van der Waals surface area (Å²) in [6.45, 7) is 0.348. The standard InChI is InChI=1S/C10H10N2O3S/c13-16(14,15)7-3-6-12-8-11-9-4-1-2-5-10(9)12/h1-5,7-8H,6H2,(H,13,14,15)/b7-3+. The Morgan fingerprint density at radius 1 is 1.38 bits per heavy atom. The highest BCUT2D eigenvalue weighted by Gasteiger charge is 2.00. The molecular formula is C10H10N2O3S. The van der Waals surface area contributed by atoms with Gasteiger partial charge in [-0.1, -0.05) is 18.2 Å². The lowest BCUT2D eigenvalue weighted by atomic mass is 10.3. The van der Waals surface area contributed by atoms with Crippen molar-refractivity contribution in [3.63, 3.8) is 0 Å². The average Bonchev–Trinajstić information content (AvgIpc) is 2.60. The summed E-state index contributed by atoms with van der Waals surface area (Å²) in [6, 6.07) is 7.53. The second-order valence-corrected chi connectivity index (χ2v) is 4.57. The molecule has 0 amide bonds. The highest BCUT2D eigenvalue weighted by molar-refractivity contribution is 7.88. The minimum absolute atomic E-state index is 0.348. The summed E-state index contributed by atoms with van der Waals surface area (Å²) in [5.41, 5.74) is 1.77. The van der Waals surface area contributed by atoms with Crippen molar-refractivity contribution in [3.8, 4) is 0 Å². The fourth-order valence-corrected chi connectivity index (χ4v) is 1.76. The van der Waals surface area contributed by atoms with E-state index in [4.69, 9.17) is 4.55 Å². The average molecular weight is 238 g/mol. The molecule has 0 radical (unpaired) electrons. The molecule has 0 fully saturated rings. The SMILES string of the molecule is O=S(=O)(O)/C=C/Cn1cnc2ccccc21. The quantitative estimate of drug-likeness (QED) is 0.821. The van der Waals surface area contributed by atoms with Crippen molar-refractivity contribution in [2.75, 3.05) is 0 Å². The molecule has 2 rings (SSSR count). The Hall–Kier alpha value is -1.66. The first kappa shape index (κ1) is 10.8. The molecule has 0 aliphatic rings. The van der Waals surface area contributed by atoms with Crippen LogP contribution in [0.1, 0.15) is 0 Å². The van der Waals surface area contributed by atoms with Crippen molar-refractivity contribution in [1.29, 1.82) is 0 Å². The molecule has 1 aromatic heterocycles. The van der Waals surface area contributed by atoms with E-state index >= 15 is 0 Å². The molecule has 0 spiro atoms. The van der Waals surface area contributed by atoms with Crippen molar-refractivity contribution in [3.05, 3.63) is 42.1 Å². The van der Waals surface area contributed by atoms with Gasteiger partial charge in [-0.05, 0) is 12.1 Å². The van der Waals surface area contributed by atoms with Crippen LogP contribution in [0.3, 0.4) is 0 Å². The lowest BCUT2D eigenvalue weighted by molar-refractivity contribution is 0.494. The summed E-state index contributed by atoms with van der Waals surface area (Å²) >= 11 is 0. The second kappa shape index (κ2) is 4.07. The monoisotopic (exact) mass is 238 g/mol. The zero-order chi connectivity index (χ0) is 11.6. The Bertz CT molecular complexity index is 628. The fraction of sp³-hybridized carbons (Fsp3) is 0.100. The first-order valence-corrected chi connectivity index (χ1v) is 6.10. The van der Waals surface area contributed by atoms with Gasteiger partial charge in [-0.3, -0.25) is 4.55 Å². The summed E-state index contributed by atoms with van der Waals surface area (Å²) in [5, 5.41) is 0.766. The maximum Gasteiger partial charge on any atom is 0.287 e. The first-order valence-electron chi connectivity index (χ1n) is 4.60. The summed E-state index contributed by atoms with van der Waals surface area (Å²) in [4.78, 5) is 4.15. The fourth-order valence-electron chi connectivity index (χ4n) is 1.43. The van der Waals surface area contributed by atoms with Crippen molar-refractivity contribution in [2.45, 2.75) is 6.54 Å². The molecule has 0 unspecified atom stereocenters. The van der Waals surface area contributed by atoms with Gasteiger partial charge in [0.2, 0.25) is 0 Å². The smallest absolute Gasteiger partial charge is 0.287 e.